The van der Waals surface area contributed by atoms with Crippen molar-refractivity contribution in [2.45, 2.75) is 33.2 Å². The number of benzene rings is 2. The molecule has 3 heterocycles. The molecule has 7 heteroatoms. The summed E-state index contributed by atoms with van der Waals surface area (Å²) in [5.74, 6) is 0.656. The average Bonchev–Trinajstić information content (AvgIpc) is 3.56. The molecule has 1 N–H and O–H groups in total. The van der Waals surface area contributed by atoms with Crippen LogP contribution in [0.15, 0.2) is 79.1 Å². The Hall–Kier alpha value is -4.13. The zero-order chi connectivity index (χ0) is 25.1. The van der Waals surface area contributed by atoms with Crippen molar-refractivity contribution in [2.75, 3.05) is 13.1 Å². The normalized spacial score (nSPS) is 14.1. The number of hydrogen-bond acceptors (Lipinski definition) is 3. The molecule has 36 heavy (non-hydrogen) atoms. The van der Waals surface area contributed by atoms with E-state index in [1.54, 1.807) is 0 Å². The molecule has 4 aromatic rings. The van der Waals surface area contributed by atoms with Crippen LogP contribution in [0.1, 0.15) is 40.0 Å². The lowest BCUT2D eigenvalue weighted by atomic mass is 9.95. The second-order valence-corrected chi connectivity index (χ2v) is 9.39. The van der Waals surface area contributed by atoms with Crippen molar-refractivity contribution < 1.29 is 9.59 Å². The highest BCUT2D eigenvalue weighted by Gasteiger charge is 2.32. The van der Waals surface area contributed by atoms with Crippen LogP contribution >= 0.6 is 0 Å². The third-order valence-corrected chi connectivity index (χ3v) is 6.84. The first kappa shape index (κ1) is 23.6. The van der Waals surface area contributed by atoms with E-state index in [1.165, 1.54) is 5.56 Å². The monoisotopic (exact) mass is 481 g/mol. The van der Waals surface area contributed by atoms with E-state index in [2.05, 4.69) is 17.4 Å². The summed E-state index contributed by atoms with van der Waals surface area (Å²) in [6.45, 7) is 5.54. The SMILES string of the molecule is Cc1ccc(CNC(=O)C2CCN(C(=O)c3c(C)nn(-c4ccccc4)c3-n3cccc3)CC2)cc1. The molecule has 1 saturated heterocycles. The highest BCUT2D eigenvalue weighted by atomic mass is 16.2. The maximum atomic E-state index is 13.8. The topological polar surface area (TPSA) is 72.2 Å². The Kier molecular flexibility index (Phi) is 6.71. The molecule has 0 spiro atoms. The van der Waals surface area contributed by atoms with Gasteiger partial charge in [0.25, 0.3) is 5.91 Å². The zero-order valence-electron chi connectivity index (χ0n) is 20.7. The molecule has 5 rings (SSSR count). The third kappa shape index (κ3) is 4.82. The Labute approximate surface area is 211 Å². The molecule has 0 saturated carbocycles. The lowest BCUT2D eigenvalue weighted by molar-refractivity contribution is -0.126. The van der Waals surface area contributed by atoms with Crippen LogP contribution in [0.25, 0.3) is 11.5 Å². The van der Waals surface area contributed by atoms with Gasteiger partial charge in [-0.15, -0.1) is 0 Å². The Bertz CT molecular complexity index is 1330. The van der Waals surface area contributed by atoms with Gasteiger partial charge in [0.2, 0.25) is 5.91 Å². The van der Waals surface area contributed by atoms with Gasteiger partial charge in [-0.05, 0) is 56.5 Å². The number of amides is 2. The molecule has 0 radical (unpaired) electrons. The van der Waals surface area contributed by atoms with Crippen molar-refractivity contribution in [1.82, 2.24) is 24.6 Å². The summed E-state index contributed by atoms with van der Waals surface area (Å²) in [7, 11) is 0. The quantitative estimate of drug-likeness (QED) is 0.442. The van der Waals surface area contributed by atoms with Crippen molar-refractivity contribution >= 4 is 11.8 Å². The summed E-state index contributed by atoms with van der Waals surface area (Å²) in [5.41, 5.74) is 4.46. The predicted octanol–water partition coefficient (Wildman–Crippen LogP) is 4.45. The van der Waals surface area contributed by atoms with Gasteiger partial charge in [0.05, 0.1) is 11.4 Å². The molecule has 1 aliphatic rings. The molecule has 2 aromatic heterocycles. The number of nitrogens with one attached hydrogen (secondary N) is 1. The van der Waals surface area contributed by atoms with Gasteiger partial charge in [-0.3, -0.25) is 9.59 Å². The lowest BCUT2D eigenvalue weighted by Gasteiger charge is -2.31. The molecule has 0 atom stereocenters. The first-order valence-corrected chi connectivity index (χ1v) is 12.4. The number of carbonyl (C=O) groups excluding carboxylic acids is 2. The van der Waals surface area contributed by atoms with Gasteiger partial charge in [0, 0.05) is 37.9 Å². The van der Waals surface area contributed by atoms with Crippen LogP contribution < -0.4 is 5.32 Å². The minimum atomic E-state index is -0.0865. The van der Waals surface area contributed by atoms with Gasteiger partial charge in [0.1, 0.15) is 5.56 Å². The van der Waals surface area contributed by atoms with Crippen LogP contribution in [0, 0.1) is 19.8 Å². The molecule has 1 aliphatic heterocycles. The fourth-order valence-electron chi connectivity index (χ4n) is 4.77. The van der Waals surface area contributed by atoms with Gasteiger partial charge < -0.3 is 14.8 Å². The van der Waals surface area contributed by atoms with Gasteiger partial charge in [-0.1, -0.05) is 48.0 Å². The van der Waals surface area contributed by atoms with Gasteiger partial charge >= 0.3 is 0 Å². The van der Waals surface area contributed by atoms with Crippen molar-refractivity contribution in [1.29, 1.82) is 0 Å². The smallest absolute Gasteiger partial charge is 0.259 e. The van der Waals surface area contributed by atoms with E-state index >= 15 is 0 Å². The first-order chi connectivity index (χ1) is 17.5. The molecular weight excluding hydrogens is 450 g/mol. The van der Waals surface area contributed by atoms with Gasteiger partial charge in [-0.2, -0.15) is 5.10 Å². The molecule has 184 valence electrons. The van der Waals surface area contributed by atoms with Gasteiger partial charge in [0.15, 0.2) is 5.82 Å². The number of rotatable bonds is 6. The number of piperidine rings is 1. The highest BCUT2D eigenvalue weighted by Crippen LogP contribution is 2.27. The van der Waals surface area contributed by atoms with E-state index in [0.717, 1.165) is 17.1 Å². The zero-order valence-corrected chi connectivity index (χ0v) is 20.7. The molecule has 7 nitrogen and oxygen atoms in total. The summed E-state index contributed by atoms with van der Waals surface area (Å²) in [5, 5.41) is 7.80. The maximum absolute atomic E-state index is 13.8. The molecule has 0 bridgehead atoms. The molecule has 2 aromatic carbocycles. The van der Waals surface area contributed by atoms with E-state index < -0.39 is 0 Å². The van der Waals surface area contributed by atoms with E-state index in [-0.39, 0.29) is 17.7 Å². The molecule has 0 aliphatic carbocycles. The fourth-order valence-corrected chi connectivity index (χ4v) is 4.77. The van der Waals surface area contributed by atoms with E-state index in [9.17, 15) is 9.59 Å². The summed E-state index contributed by atoms with van der Waals surface area (Å²) in [6.07, 6.45) is 5.15. The van der Waals surface area contributed by atoms with Crippen LogP contribution in [-0.2, 0) is 11.3 Å². The van der Waals surface area contributed by atoms with Crippen LogP contribution in [0.3, 0.4) is 0 Å². The van der Waals surface area contributed by atoms with Crippen LogP contribution in [0.2, 0.25) is 0 Å². The lowest BCUT2D eigenvalue weighted by Crippen LogP contribution is -2.43. The van der Waals surface area contributed by atoms with E-state index in [1.807, 2.05) is 95.0 Å². The fraction of sp³-hybridized carbons (Fsp3) is 0.276. The number of aryl methyl sites for hydroxylation is 2. The predicted molar refractivity (Wildman–Crippen MR) is 139 cm³/mol. The molecule has 1 fully saturated rings. The Morgan fingerprint density at radius 1 is 0.917 bits per heavy atom. The van der Waals surface area contributed by atoms with E-state index in [0.29, 0.717) is 43.7 Å². The first-order valence-electron chi connectivity index (χ1n) is 12.4. The van der Waals surface area contributed by atoms with E-state index in [4.69, 9.17) is 5.10 Å². The highest BCUT2D eigenvalue weighted by molar-refractivity contribution is 5.99. The number of carbonyl (C=O) groups is 2. The summed E-state index contributed by atoms with van der Waals surface area (Å²) < 4.78 is 3.76. The van der Waals surface area contributed by atoms with Crippen LogP contribution in [0.4, 0.5) is 0 Å². The Balaban J connectivity index is 1.30. The molecule has 0 unspecified atom stereocenters. The van der Waals surface area contributed by atoms with Crippen molar-refractivity contribution in [3.63, 3.8) is 0 Å². The maximum Gasteiger partial charge on any atom is 0.259 e. The largest absolute Gasteiger partial charge is 0.352 e. The van der Waals surface area contributed by atoms with Crippen molar-refractivity contribution in [2.24, 2.45) is 5.92 Å². The standard InChI is InChI=1S/C29H31N5O2/c1-21-10-12-23(13-11-21)20-30-27(35)24-14-18-33(19-15-24)29(36)26-22(2)31-34(25-8-4-3-5-9-25)28(26)32-16-6-7-17-32/h3-13,16-17,24H,14-15,18-20H2,1-2H3,(H,30,35). The minimum absolute atomic E-state index is 0.0445. The number of para-hydroxylation sites is 1. The third-order valence-electron chi connectivity index (χ3n) is 6.84. The number of nitrogens with zero attached hydrogens (tertiary/aromatic N) is 4. The summed E-state index contributed by atoms with van der Waals surface area (Å²) in [4.78, 5) is 28.4. The van der Waals surface area contributed by atoms with Crippen molar-refractivity contribution in [3.8, 4) is 11.5 Å². The number of hydrogen-bond donors (Lipinski definition) is 1. The van der Waals surface area contributed by atoms with Crippen molar-refractivity contribution in [3.05, 3.63) is 102 Å². The Morgan fingerprint density at radius 2 is 1.58 bits per heavy atom. The van der Waals surface area contributed by atoms with Crippen LogP contribution in [0.5, 0.6) is 0 Å². The summed E-state index contributed by atoms with van der Waals surface area (Å²) >= 11 is 0. The second-order valence-electron chi connectivity index (χ2n) is 9.39. The molecular formula is C29H31N5O2. The Morgan fingerprint density at radius 3 is 2.25 bits per heavy atom. The summed E-state index contributed by atoms with van der Waals surface area (Å²) in [6, 6.07) is 21.9. The number of aromatic nitrogens is 3. The number of likely N-dealkylation sites (tertiary alicyclic amines) is 1. The average molecular weight is 482 g/mol. The minimum Gasteiger partial charge on any atom is -0.352 e. The second kappa shape index (κ2) is 10.2. The van der Waals surface area contributed by atoms with Gasteiger partial charge in [-0.25, -0.2) is 4.68 Å². The van der Waals surface area contributed by atoms with Crippen LogP contribution in [-0.4, -0.2) is 44.2 Å². The molecule has 2 amide bonds.